The monoisotopic (exact) mass is 532 g/mol. The molecule has 2 aromatic rings. The summed E-state index contributed by atoms with van der Waals surface area (Å²) >= 11 is 0. The van der Waals surface area contributed by atoms with E-state index in [1.807, 2.05) is 30.3 Å². The van der Waals surface area contributed by atoms with Crippen LogP contribution in [0.2, 0.25) is 0 Å². The summed E-state index contributed by atoms with van der Waals surface area (Å²) in [5.74, 6) is 1.88. The first-order chi connectivity index (χ1) is 18.4. The van der Waals surface area contributed by atoms with Crippen LogP contribution in [0.15, 0.2) is 36.4 Å². The van der Waals surface area contributed by atoms with E-state index in [1.165, 1.54) is 7.11 Å². The first-order valence-corrected chi connectivity index (χ1v) is 12.8. The molecule has 0 radical (unpaired) electrons. The third-order valence-electron chi connectivity index (χ3n) is 8.13. The summed E-state index contributed by atoms with van der Waals surface area (Å²) in [6.45, 7) is 0.771. The zero-order valence-electron chi connectivity index (χ0n) is 21.7. The Morgan fingerprint density at radius 3 is 1.76 bits per heavy atom. The Kier molecular flexibility index (Phi) is 7.99. The number of hydrogen-bond donors (Lipinski definition) is 4. The maximum absolute atomic E-state index is 10.5. The minimum Gasteiger partial charge on any atom is -0.493 e. The standard InChI is InChI=1S/C28H36O10/c1-33-19-6-4-14(8-21(19)34-2)27-17-12-37-28(18(17)13-36-27)15-5-7-20(22(9-15)35-3)38-23-10-16(11-29)24(30)26(32)25(23)31/h4-9,16-18,23-32H,10-13H2,1-3H3/t16?,17?,18?,23-,24-,25?,26?,27-,28+/m1/s1. The molecule has 1 aliphatic carbocycles. The van der Waals surface area contributed by atoms with Crippen molar-refractivity contribution in [3.63, 3.8) is 0 Å². The summed E-state index contributed by atoms with van der Waals surface area (Å²) in [7, 11) is 4.75. The Hall–Kier alpha value is -2.60. The van der Waals surface area contributed by atoms with E-state index in [2.05, 4.69) is 0 Å². The molecule has 2 aliphatic heterocycles. The number of benzene rings is 2. The highest BCUT2D eigenvalue weighted by atomic mass is 16.5. The summed E-state index contributed by atoms with van der Waals surface area (Å²) in [6, 6.07) is 11.3. The van der Waals surface area contributed by atoms with Crippen LogP contribution in [0.5, 0.6) is 23.0 Å². The summed E-state index contributed by atoms with van der Waals surface area (Å²) in [5, 5.41) is 40.3. The molecule has 5 rings (SSSR count). The molecule has 2 heterocycles. The van der Waals surface area contributed by atoms with Gasteiger partial charge in [0.1, 0.15) is 18.3 Å². The summed E-state index contributed by atoms with van der Waals surface area (Å²) in [5.41, 5.74) is 1.94. The first-order valence-electron chi connectivity index (χ1n) is 12.8. The van der Waals surface area contributed by atoms with Crippen molar-refractivity contribution in [2.24, 2.45) is 17.8 Å². The molecule has 4 N–H and O–H groups in total. The lowest BCUT2D eigenvalue weighted by Gasteiger charge is -2.39. The maximum atomic E-state index is 10.5. The van der Waals surface area contributed by atoms with Gasteiger partial charge in [0.05, 0.1) is 52.9 Å². The van der Waals surface area contributed by atoms with Crippen molar-refractivity contribution >= 4 is 0 Å². The molecule has 5 unspecified atom stereocenters. The highest BCUT2D eigenvalue weighted by molar-refractivity contribution is 5.45. The Morgan fingerprint density at radius 2 is 1.24 bits per heavy atom. The van der Waals surface area contributed by atoms with Gasteiger partial charge in [-0.25, -0.2) is 0 Å². The van der Waals surface area contributed by atoms with Crippen LogP contribution >= 0.6 is 0 Å². The average molecular weight is 533 g/mol. The van der Waals surface area contributed by atoms with E-state index in [4.69, 9.17) is 28.4 Å². The van der Waals surface area contributed by atoms with Crippen LogP contribution in [-0.2, 0) is 9.47 Å². The van der Waals surface area contributed by atoms with Crippen molar-refractivity contribution in [2.45, 2.75) is 43.0 Å². The smallest absolute Gasteiger partial charge is 0.161 e. The summed E-state index contributed by atoms with van der Waals surface area (Å²) < 4.78 is 34.9. The fourth-order valence-corrected chi connectivity index (χ4v) is 5.96. The molecule has 1 saturated carbocycles. The van der Waals surface area contributed by atoms with E-state index < -0.39 is 30.3 Å². The lowest BCUT2D eigenvalue weighted by atomic mass is 9.81. The molecule has 208 valence electrons. The van der Waals surface area contributed by atoms with Crippen LogP contribution in [0.3, 0.4) is 0 Å². The first kappa shape index (κ1) is 27.0. The lowest BCUT2D eigenvalue weighted by molar-refractivity contribution is -0.157. The Bertz CT molecular complexity index is 1110. The van der Waals surface area contributed by atoms with Crippen molar-refractivity contribution in [1.29, 1.82) is 0 Å². The van der Waals surface area contributed by atoms with Gasteiger partial charge in [0.25, 0.3) is 0 Å². The number of rotatable bonds is 8. The Morgan fingerprint density at radius 1 is 0.711 bits per heavy atom. The molecule has 9 atom stereocenters. The largest absolute Gasteiger partial charge is 0.493 e. The fourth-order valence-electron chi connectivity index (χ4n) is 5.96. The SMILES string of the molecule is COc1ccc([C@H]2OCC3C2CO[C@H]3c2ccc(O[C@@H]3CC(CO)[C@@H](O)C(O)C3O)c(OC)c2)cc1OC. The van der Waals surface area contributed by atoms with E-state index in [1.54, 1.807) is 20.3 Å². The van der Waals surface area contributed by atoms with Crippen molar-refractivity contribution in [1.82, 2.24) is 0 Å². The predicted molar refractivity (Wildman–Crippen MR) is 135 cm³/mol. The molecule has 0 spiro atoms. The van der Waals surface area contributed by atoms with Crippen molar-refractivity contribution in [3.8, 4) is 23.0 Å². The van der Waals surface area contributed by atoms with Gasteiger partial charge in [-0.15, -0.1) is 0 Å². The van der Waals surface area contributed by atoms with Gasteiger partial charge in [0.15, 0.2) is 23.0 Å². The molecular formula is C28H36O10. The van der Waals surface area contributed by atoms with E-state index in [-0.39, 0.29) is 37.1 Å². The van der Waals surface area contributed by atoms with Gasteiger partial charge in [0, 0.05) is 24.4 Å². The molecule has 0 bridgehead atoms. The van der Waals surface area contributed by atoms with Crippen LogP contribution in [0.25, 0.3) is 0 Å². The molecule has 2 aromatic carbocycles. The number of aliphatic hydroxyl groups is 4. The molecule has 10 nitrogen and oxygen atoms in total. The number of fused-ring (bicyclic) bond motifs is 1. The van der Waals surface area contributed by atoms with Gasteiger partial charge < -0.3 is 48.8 Å². The topological polar surface area (TPSA) is 136 Å². The minimum absolute atomic E-state index is 0.122. The van der Waals surface area contributed by atoms with Crippen LogP contribution in [0.4, 0.5) is 0 Å². The van der Waals surface area contributed by atoms with Crippen LogP contribution in [0.1, 0.15) is 29.8 Å². The van der Waals surface area contributed by atoms with E-state index in [0.717, 1.165) is 11.1 Å². The van der Waals surface area contributed by atoms with E-state index in [0.29, 0.717) is 36.2 Å². The van der Waals surface area contributed by atoms with Gasteiger partial charge in [-0.1, -0.05) is 12.1 Å². The molecule has 38 heavy (non-hydrogen) atoms. The number of aliphatic hydroxyl groups excluding tert-OH is 4. The van der Waals surface area contributed by atoms with Gasteiger partial charge >= 0.3 is 0 Å². The third-order valence-corrected chi connectivity index (χ3v) is 8.13. The van der Waals surface area contributed by atoms with Crippen molar-refractivity contribution in [2.75, 3.05) is 41.2 Å². The van der Waals surface area contributed by atoms with Crippen molar-refractivity contribution in [3.05, 3.63) is 47.5 Å². The molecule has 3 fully saturated rings. The molecular weight excluding hydrogens is 496 g/mol. The molecule has 2 saturated heterocycles. The summed E-state index contributed by atoms with van der Waals surface area (Å²) in [6.07, 6.45) is -4.88. The highest BCUT2D eigenvalue weighted by Crippen LogP contribution is 2.51. The Balaban J connectivity index is 1.31. The maximum Gasteiger partial charge on any atom is 0.161 e. The quantitative estimate of drug-likeness (QED) is 0.397. The van der Waals surface area contributed by atoms with Crippen LogP contribution in [0, 0.1) is 17.8 Å². The van der Waals surface area contributed by atoms with Gasteiger partial charge in [-0.3, -0.25) is 0 Å². The summed E-state index contributed by atoms with van der Waals surface area (Å²) in [4.78, 5) is 0. The second-order valence-corrected chi connectivity index (χ2v) is 10.2. The lowest BCUT2D eigenvalue weighted by Crippen LogP contribution is -2.56. The van der Waals surface area contributed by atoms with E-state index in [9.17, 15) is 20.4 Å². The highest BCUT2D eigenvalue weighted by Gasteiger charge is 2.48. The average Bonchev–Trinajstić information content (AvgIpc) is 3.55. The van der Waals surface area contributed by atoms with Crippen LogP contribution < -0.4 is 18.9 Å². The second-order valence-electron chi connectivity index (χ2n) is 10.2. The number of methoxy groups -OCH3 is 3. The number of ether oxygens (including phenoxy) is 6. The molecule has 10 heteroatoms. The predicted octanol–water partition coefficient (Wildman–Crippen LogP) is 1.63. The van der Waals surface area contributed by atoms with Gasteiger partial charge in [-0.05, 0) is 41.8 Å². The molecule has 0 aromatic heterocycles. The second kappa shape index (κ2) is 11.3. The van der Waals surface area contributed by atoms with Gasteiger partial charge in [0.2, 0.25) is 0 Å². The molecule has 3 aliphatic rings. The fraction of sp³-hybridized carbons (Fsp3) is 0.571. The van der Waals surface area contributed by atoms with E-state index >= 15 is 0 Å². The van der Waals surface area contributed by atoms with Gasteiger partial charge in [-0.2, -0.15) is 0 Å². The van der Waals surface area contributed by atoms with Crippen molar-refractivity contribution < 1.29 is 48.8 Å². The zero-order chi connectivity index (χ0) is 27.0. The third kappa shape index (κ3) is 4.81. The molecule has 0 amide bonds. The Labute approximate surface area is 221 Å². The minimum atomic E-state index is -1.42. The van der Waals surface area contributed by atoms with Crippen LogP contribution in [-0.4, -0.2) is 86.0 Å². The number of hydrogen-bond acceptors (Lipinski definition) is 10. The zero-order valence-corrected chi connectivity index (χ0v) is 21.7. The normalized spacial score (nSPS) is 34.6.